The molecular formula is C34H35F2N8O6S+. The molecule has 3 heterocycles. The molecule has 0 bridgehead atoms. The van der Waals surface area contributed by atoms with Gasteiger partial charge in [0.15, 0.2) is 0 Å². The molecule has 4 N–H and O–H groups in total. The number of hydrogen-bond donors (Lipinski definition) is 3. The normalized spacial score (nSPS) is 12.9. The minimum absolute atomic E-state index is 0.0213. The largest absolute Gasteiger partial charge is 0.460 e. The topological polar surface area (TPSA) is 179 Å². The molecule has 5 aromatic rings. The number of ether oxygens (including phenoxy) is 2. The number of anilines is 1. The van der Waals surface area contributed by atoms with Crippen LogP contribution in [0.1, 0.15) is 39.3 Å². The summed E-state index contributed by atoms with van der Waals surface area (Å²) in [6, 6.07) is 12.7. The summed E-state index contributed by atoms with van der Waals surface area (Å²) in [6.07, 6.45) is 3.48. The minimum Gasteiger partial charge on any atom is -0.460 e. The van der Waals surface area contributed by atoms with Crippen LogP contribution in [0, 0.1) is 11.6 Å². The Bertz CT molecular complexity index is 2020. The van der Waals surface area contributed by atoms with Crippen molar-refractivity contribution in [2.45, 2.75) is 38.3 Å². The maximum atomic E-state index is 15.3. The summed E-state index contributed by atoms with van der Waals surface area (Å²) in [7, 11) is 3.06. The predicted molar refractivity (Wildman–Crippen MR) is 180 cm³/mol. The van der Waals surface area contributed by atoms with Crippen LogP contribution in [0.25, 0.3) is 11.3 Å². The molecule has 266 valence electrons. The summed E-state index contributed by atoms with van der Waals surface area (Å²) in [5, 5.41) is 21.3. The summed E-state index contributed by atoms with van der Waals surface area (Å²) in [5.74, 6) is -3.26. The van der Waals surface area contributed by atoms with Gasteiger partial charge in [-0.3, -0.25) is 14.5 Å². The molecule has 0 spiro atoms. The maximum absolute atomic E-state index is 15.3. The molecule has 0 aliphatic rings. The number of carbonyl (C=O) groups excluding carboxylic acids is 3. The molecule has 5 rings (SSSR count). The van der Waals surface area contributed by atoms with Crippen molar-refractivity contribution in [3.63, 3.8) is 0 Å². The van der Waals surface area contributed by atoms with Gasteiger partial charge in [-0.2, -0.15) is 0 Å². The third kappa shape index (κ3) is 8.57. The first-order chi connectivity index (χ1) is 24.4. The minimum atomic E-state index is -2.05. The molecule has 17 heteroatoms. The van der Waals surface area contributed by atoms with Gasteiger partial charge in [0.1, 0.15) is 36.2 Å². The van der Waals surface area contributed by atoms with E-state index in [0.29, 0.717) is 27.4 Å². The molecule has 0 saturated heterocycles. The SMILES string of the molecule is CNCC(=O)OCc1cccnc1N(C)C(=O)OC[n+]1cnn(C[C@](O)(c2cc(F)ccc2F)[C@@H](C)c2nc(-c3ccc(C(N)=O)cc3)cs2)c1. The number of thiazole rings is 1. The number of nitrogens with zero attached hydrogens (tertiary/aromatic N) is 6. The Morgan fingerprint density at radius 3 is 2.65 bits per heavy atom. The molecular weight excluding hydrogens is 686 g/mol. The number of pyridine rings is 1. The van der Waals surface area contributed by atoms with Crippen LogP contribution in [-0.4, -0.2) is 63.5 Å². The second-order valence-corrected chi connectivity index (χ2v) is 12.4. The van der Waals surface area contributed by atoms with E-state index < -0.39 is 41.1 Å². The van der Waals surface area contributed by atoms with Gasteiger partial charge in [0.05, 0.1) is 17.2 Å². The number of aliphatic hydroxyl groups is 1. The van der Waals surface area contributed by atoms with Crippen LogP contribution in [0.15, 0.2) is 78.8 Å². The fraction of sp³-hybridized carbons (Fsp3) is 0.265. The number of primary amides is 1. The lowest BCUT2D eigenvalue weighted by Gasteiger charge is -2.32. The smallest absolute Gasteiger partial charge is 0.417 e. The van der Waals surface area contributed by atoms with E-state index >= 15 is 4.39 Å². The van der Waals surface area contributed by atoms with Gasteiger partial charge < -0.3 is 25.6 Å². The Hall–Kier alpha value is -5.65. The molecule has 51 heavy (non-hydrogen) atoms. The van der Waals surface area contributed by atoms with Crippen LogP contribution in [0.2, 0.25) is 0 Å². The van der Waals surface area contributed by atoms with Crippen LogP contribution in [0.5, 0.6) is 0 Å². The Kier molecular flexibility index (Phi) is 11.4. The molecule has 2 aromatic carbocycles. The van der Waals surface area contributed by atoms with E-state index in [1.165, 1.54) is 46.5 Å². The molecule has 0 aliphatic heterocycles. The number of carbonyl (C=O) groups is 3. The number of likely N-dealkylation sites (N-methyl/N-ethyl adjacent to an activating group) is 1. The average molecular weight is 722 g/mol. The van der Waals surface area contributed by atoms with E-state index in [2.05, 4.69) is 20.4 Å². The number of benzene rings is 2. The fourth-order valence-electron chi connectivity index (χ4n) is 5.18. The van der Waals surface area contributed by atoms with E-state index in [1.54, 1.807) is 55.7 Å². The number of amides is 2. The molecule has 0 saturated carbocycles. The lowest BCUT2D eigenvalue weighted by molar-refractivity contribution is -0.727. The summed E-state index contributed by atoms with van der Waals surface area (Å²) in [5.41, 5.74) is 5.05. The molecule has 3 aromatic heterocycles. The van der Waals surface area contributed by atoms with Gasteiger partial charge in [0, 0.05) is 51.9 Å². The fourth-order valence-corrected chi connectivity index (χ4v) is 6.15. The highest BCUT2D eigenvalue weighted by Gasteiger charge is 2.43. The average Bonchev–Trinajstić information content (AvgIpc) is 3.80. The zero-order valence-electron chi connectivity index (χ0n) is 27.8. The van der Waals surface area contributed by atoms with Crippen molar-refractivity contribution in [3.05, 3.63) is 112 Å². The number of aromatic nitrogens is 5. The van der Waals surface area contributed by atoms with Crippen molar-refractivity contribution >= 4 is 35.1 Å². The third-order valence-corrected chi connectivity index (χ3v) is 9.04. The van der Waals surface area contributed by atoms with E-state index in [-0.39, 0.29) is 37.8 Å². The molecule has 2 amide bonds. The highest BCUT2D eigenvalue weighted by atomic mass is 32.1. The molecule has 0 fully saturated rings. The highest BCUT2D eigenvalue weighted by molar-refractivity contribution is 7.10. The van der Waals surface area contributed by atoms with Gasteiger partial charge in [-0.1, -0.05) is 25.1 Å². The molecule has 0 radical (unpaired) electrons. The zero-order valence-corrected chi connectivity index (χ0v) is 28.6. The maximum Gasteiger partial charge on any atom is 0.417 e. The van der Waals surface area contributed by atoms with Crippen LogP contribution in [0.3, 0.4) is 0 Å². The van der Waals surface area contributed by atoms with E-state index in [1.807, 2.05) is 0 Å². The summed E-state index contributed by atoms with van der Waals surface area (Å²) in [6.45, 7) is 0.929. The number of rotatable bonds is 14. The van der Waals surface area contributed by atoms with Gasteiger partial charge >= 0.3 is 12.1 Å². The van der Waals surface area contributed by atoms with E-state index in [4.69, 9.17) is 15.2 Å². The van der Waals surface area contributed by atoms with Crippen LogP contribution in [-0.2, 0) is 39.8 Å². The quantitative estimate of drug-likeness (QED) is 0.114. The Balaban J connectivity index is 1.32. The Morgan fingerprint density at radius 1 is 1.16 bits per heavy atom. The van der Waals surface area contributed by atoms with Crippen LogP contribution in [0.4, 0.5) is 19.4 Å². The Labute approximate surface area is 295 Å². The van der Waals surface area contributed by atoms with E-state index in [9.17, 15) is 23.9 Å². The monoisotopic (exact) mass is 721 g/mol. The van der Waals surface area contributed by atoms with Gasteiger partial charge in [0.25, 0.3) is 6.33 Å². The van der Waals surface area contributed by atoms with Gasteiger partial charge in [-0.25, -0.2) is 28.1 Å². The first kappa shape index (κ1) is 36.6. The predicted octanol–water partition coefficient (Wildman–Crippen LogP) is 3.25. The number of esters is 1. The van der Waals surface area contributed by atoms with Crippen LogP contribution < -0.4 is 20.5 Å². The van der Waals surface area contributed by atoms with Crippen molar-refractivity contribution in [1.29, 1.82) is 0 Å². The number of hydrogen-bond acceptors (Lipinski definition) is 11. The third-order valence-electron chi connectivity index (χ3n) is 8.01. The first-order valence-corrected chi connectivity index (χ1v) is 16.4. The second kappa shape index (κ2) is 15.9. The van der Waals surface area contributed by atoms with Crippen molar-refractivity contribution < 1.29 is 42.3 Å². The van der Waals surface area contributed by atoms with E-state index in [0.717, 1.165) is 23.1 Å². The molecule has 2 atom stereocenters. The van der Waals surface area contributed by atoms with Gasteiger partial charge in [0.2, 0.25) is 19.0 Å². The number of halogens is 2. The summed E-state index contributed by atoms with van der Waals surface area (Å²) in [4.78, 5) is 46.3. The lowest BCUT2D eigenvalue weighted by atomic mass is 9.82. The van der Waals surface area contributed by atoms with Crippen molar-refractivity contribution in [1.82, 2.24) is 25.1 Å². The Morgan fingerprint density at radius 2 is 1.92 bits per heavy atom. The van der Waals surface area contributed by atoms with Crippen molar-refractivity contribution in [2.24, 2.45) is 5.73 Å². The standard InChI is InChI=1S/C34H34F2N8O6S/c1-21(32-41-28(16-51-32)22-6-8-23(9-7-22)30(37)46)34(48,26-13-25(35)10-11-27(26)36)17-44-19-43(18-40-44)20-50-33(47)42(3)31-24(5-4-12-39-31)15-49-29(45)14-38-2/h4-13,16,18-19,21,38,48H,14-15,17,20H2,1-3H3,(H-,37,46)/p+1/t21-,34+/m0/s1. The van der Waals surface area contributed by atoms with Crippen LogP contribution >= 0.6 is 11.3 Å². The zero-order chi connectivity index (χ0) is 36.7. The highest BCUT2D eigenvalue weighted by Crippen LogP contribution is 2.41. The van der Waals surface area contributed by atoms with Gasteiger partial charge in [-0.15, -0.1) is 16.0 Å². The molecule has 0 aliphatic carbocycles. The van der Waals surface area contributed by atoms with Crippen molar-refractivity contribution in [2.75, 3.05) is 25.5 Å². The second-order valence-electron chi connectivity index (χ2n) is 11.5. The van der Waals surface area contributed by atoms with Gasteiger partial charge in [-0.05, 0) is 43.4 Å². The van der Waals surface area contributed by atoms with Crippen molar-refractivity contribution in [3.8, 4) is 11.3 Å². The molecule has 14 nitrogen and oxygen atoms in total. The lowest BCUT2D eigenvalue weighted by Crippen LogP contribution is -2.40. The number of nitrogens with one attached hydrogen (secondary N) is 1. The molecule has 0 unspecified atom stereocenters. The number of nitrogens with two attached hydrogens (primary N) is 1. The summed E-state index contributed by atoms with van der Waals surface area (Å²) < 4.78 is 43.1. The first-order valence-electron chi connectivity index (χ1n) is 15.5. The summed E-state index contributed by atoms with van der Waals surface area (Å²) >= 11 is 1.22.